The third-order valence-electron chi connectivity index (χ3n) is 5.04. The minimum atomic E-state index is -0.660. The SMILES string of the molecule is CCC(CC)C1=CC(=O)N(CCCCCC(=O)NC(C(N)=O)C(C)C)C1=O. The largest absolute Gasteiger partial charge is 0.368 e. The molecule has 3 N–H and O–H groups in total. The molecule has 0 spiro atoms. The van der Waals surface area contributed by atoms with Gasteiger partial charge in [-0.15, -0.1) is 0 Å². The zero-order chi connectivity index (χ0) is 20.6. The van der Waals surface area contributed by atoms with Crippen LogP contribution in [0.4, 0.5) is 0 Å². The van der Waals surface area contributed by atoms with Crippen LogP contribution in [0.15, 0.2) is 11.6 Å². The van der Waals surface area contributed by atoms with Gasteiger partial charge in [0.15, 0.2) is 0 Å². The Kier molecular flexibility index (Phi) is 9.18. The Hall–Kier alpha value is -2.18. The Balaban J connectivity index is 2.35. The lowest BCUT2D eigenvalue weighted by Gasteiger charge is -2.19. The number of imide groups is 1. The van der Waals surface area contributed by atoms with E-state index in [9.17, 15) is 19.2 Å². The van der Waals surface area contributed by atoms with Crippen LogP contribution in [0.2, 0.25) is 0 Å². The van der Waals surface area contributed by atoms with Gasteiger partial charge >= 0.3 is 0 Å². The molecule has 0 fully saturated rings. The van der Waals surface area contributed by atoms with Gasteiger partial charge in [0.2, 0.25) is 11.8 Å². The summed E-state index contributed by atoms with van der Waals surface area (Å²) in [5.41, 5.74) is 5.90. The summed E-state index contributed by atoms with van der Waals surface area (Å²) < 4.78 is 0. The predicted molar refractivity (Wildman–Crippen MR) is 103 cm³/mol. The standard InChI is InChI=1S/C20H33N3O4/c1-5-14(6-2)15-12-17(25)23(20(15)27)11-9-7-8-10-16(24)22-18(13(3)4)19(21)26/h12-14,18H,5-11H2,1-4H3,(H2,21,26)(H,22,24). The van der Waals surface area contributed by atoms with E-state index in [1.807, 2.05) is 27.7 Å². The number of nitrogens with two attached hydrogens (primary N) is 1. The molecular weight excluding hydrogens is 346 g/mol. The first-order valence-electron chi connectivity index (χ1n) is 9.88. The molecule has 0 aromatic carbocycles. The van der Waals surface area contributed by atoms with Crippen LogP contribution in [-0.2, 0) is 19.2 Å². The van der Waals surface area contributed by atoms with Crippen LogP contribution >= 0.6 is 0 Å². The third-order valence-corrected chi connectivity index (χ3v) is 5.04. The van der Waals surface area contributed by atoms with Crippen molar-refractivity contribution in [3.8, 4) is 0 Å². The second-order valence-electron chi connectivity index (χ2n) is 7.41. The lowest BCUT2D eigenvalue weighted by Crippen LogP contribution is -2.47. The summed E-state index contributed by atoms with van der Waals surface area (Å²) in [6.45, 7) is 8.05. The predicted octanol–water partition coefficient (Wildman–Crippen LogP) is 1.90. The Morgan fingerprint density at radius 1 is 1.11 bits per heavy atom. The number of amides is 4. The minimum absolute atomic E-state index is 0.0598. The average Bonchev–Trinajstić information content (AvgIpc) is 2.88. The molecule has 1 aliphatic rings. The zero-order valence-electron chi connectivity index (χ0n) is 16.9. The van der Waals surface area contributed by atoms with Crippen LogP contribution in [0.3, 0.4) is 0 Å². The number of hydrogen-bond donors (Lipinski definition) is 2. The molecule has 1 aliphatic heterocycles. The molecule has 0 bridgehead atoms. The summed E-state index contributed by atoms with van der Waals surface area (Å²) >= 11 is 0. The number of carbonyl (C=O) groups excluding carboxylic acids is 4. The molecule has 0 radical (unpaired) electrons. The number of nitrogens with one attached hydrogen (secondary N) is 1. The molecule has 1 heterocycles. The molecule has 0 aromatic heterocycles. The molecule has 27 heavy (non-hydrogen) atoms. The van der Waals surface area contributed by atoms with Crippen molar-refractivity contribution in [2.45, 2.75) is 72.3 Å². The van der Waals surface area contributed by atoms with Crippen molar-refractivity contribution in [3.05, 3.63) is 11.6 Å². The normalized spacial score (nSPS) is 15.5. The Labute approximate surface area is 161 Å². The number of primary amides is 1. The first-order chi connectivity index (χ1) is 12.7. The summed E-state index contributed by atoms with van der Waals surface area (Å²) in [7, 11) is 0. The second kappa shape index (κ2) is 10.8. The van der Waals surface area contributed by atoms with Crippen molar-refractivity contribution >= 4 is 23.6 Å². The molecule has 1 unspecified atom stereocenters. The van der Waals surface area contributed by atoms with Crippen LogP contribution in [-0.4, -0.2) is 41.1 Å². The van der Waals surface area contributed by atoms with Gasteiger partial charge in [-0.3, -0.25) is 24.1 Å². The van der Waals surface area contributed by atoms with E-state index in [1.165, 1.54) is 11.0 Å². The molecule has 7 nitrogen and oxygen atoms in total. The topological polar surface area (TPSA) is 110 Å². The maximum Gasteiger partial charge on any atom is 0.257 e. The van der Waals surface area contributed by atoms with Gasteiger partial charge in [-0.1, -0.05) is 34.1 Å². The Morgan fingerprint density at radius 2 is 1.74 bits per heavy atom. The number of unbranched alkanes of at least 4 members (excludes halogenated alkanes) is 2. The van der Waals surface area contributed by atoms with Gasteiger partial charge in [0.05, 0.1) is 0 Å². The highest BCUT2D eigenvalue weighted by Crippen LogP contribution is 2.26. The van der Waals surface area contributed by atoms with Gasteiger partial charge < -0.3 is 11.1 Å². The molecule has 1 atom stereocenters. The van der Waals surface area contributed by atoms with Gasteiger partial charge in [-0.25, -0.2) is 0 Å². The van der Waals surface area contributed by atoms with Crippen LogP contribution in [0.25, 0.3) is 0 Å². The number of rotatable bonds is 12. The first-order valence-corrected chi connectivity index (χ1v) is 9.88. The fourth-order valence-electron chi connectivity index (χ4n) is 3.31. The Morgan fingerprint density at radius 3 is 2.26 bits per heavy atom. The quantitative estimate of drug-likeness (QED) is 0.399. The van der Waals surface area contributed by atoms with Crippen LogP contribution in [0.5, 0.6) is 0 Å². The molecule has 1 rings (SSSR count). The summed E-state index contributed by atoms with van der Waals surface area (Å²) in [4.78, 5) is 49.0. The lowest BCUT2D eigenvalue weighted by atomic mass is 9.94. The van der Waals surface area contributed by atoms with Crippen molar-refractivity contribution in [3.63, 3.8) is 0 Å². The average molecular weight is 380 g/mol. The zero-order valence-corrected chi connectivity index (χ0v) is 16.9. The minimum Gasteiger partial charge on any atom is -0.368 e. The second-order valence-corrected chi connectivity index (χ2v) is 7.41. The molecule has 7 heteroatoms. The van der Waals surface area contributed by atoms with Gasteiger partial charge in [0.25, 0.3) is 11.8 Å². The van der Waals surface area contributed by atoms with E-state index in [1.54, 1.807) is 0 Å². The smallest absolute Gasteiger partial charge is 0.257 e. The monoisotopic (exact) mass is 379 g/mol. The van der Waals surface area contributed by atoms with Crippen LogP contribution in [0.1, 0.15) is 66.2 Å². The van der Waals surface area contributed by atoms with Crippen molar-refractivity contribution in [2.24, 2.45) is 17.6 Å². The Bertz CT molecular complexity index is 594. The summed E-state index contributed by atoms with van der Waals surface area (Å²) in [5.74, 6) is -1.08. The fraction of sp³-hybridized carbons (Fsp3) is 0.700. The van der Waals surface area contributed by atoms with Crippen molar-refractivity contribution in [1.82, 2.24) is 10.2 Å². The summed E-state index contributed by atoms with van der Waals surface area (Å²) in [5, 5.41) is 2.65. The van der Waals surface area contributed by atoms with E-state index < -0.39 is 11.9 Å². The van der Waals surface area contributed by atoms with Crippen molar-refractivity contribution < 1.29 is 19.2 Å². The molecule has 0 saturated carbocycles. The molecule has 152 valence electrons. The molecule has 0 saturated heterocycles. The highest BCUT2D eigenvalue weighted by Gasteiger charge is 2.33. The molecule has 0 aromatic rings. The van der Waals surface area contributed by atoms with Crippen molar-refractivity contribution in [2.75, 3.05) is 6.54 Å². The first kappa shape index (κ1) is 22.9. The van der Waals surface area contributed by atoms with Gasteiger partial charge in [-0.05, 0) is 37.5 Å². The number of hydrogen-bond acceptors (Lipinski definition) is 4. The van der Waals surface area contributed by atoms with Crippen LogP contribution in [0, 0.1) is 11.8 Å². The van der Waals surface area contributed by atoms with E-state index >= 15 is 0 Å². The molecule has 4 amide bonds. The van der Waals surface area contributed by atoms with Crippen molar-refractivity contribution in [1.29, 1.82) is 0 Å². The summed E-state index contributed by atoms with van der Waals surface area (Å²) in [6.07, 6.45) is 5.43. The maximum absolute atomic E-state index is 12.4. The van der Waals surface area contributed by atoms with Gasteiger partial charge in [0, 0.05) is 24.6 Å². The van der Waals surface area contributed by atoms with Gasteiger partial charge in [-0.2, -0.15) is 0 Å². The van der Waals surface area contributed by atoms with Crippen LogP contribution < -0.4 is 11.1 Å². The number of carbonyl (C=O) groups is 4. The highest BCUT2D eigenvalue weighted by molar-refractivity contribution is 6.16. The van der Waals surface area contributed by atoms with E-state index in [4.69, 9.17) is 5.73 Å². The maximum atomic E-state index is 12.4. The van der Waals surface area contributed by atoms with E-state index in [-0.39, 0.29) is 36.0 Å². The van der Waals surface area contributed by atoms with E-state index in [0.29, 0.717) is 31.4 Å². The highest BCUT2D eigenvalue weighted by atomic mass is 16.2. The third kappa shape index (κ3) is 6.48. The van der Waals surface area contributed by atoms with E-state index in [2.05, 4.69) is 5.32 Å². The lowest BCUT2D eigenvalue weighted by molar-refractivity contribution is -0.137. The number of nitrogens with zero attached hydrogens (tertiary/aromatic N) is 1. The van der Waals surface area contributed by atoms with E-state index in [0.717, 1.165) is 12.8 Å². The summed E-state index contributed by atoms with van der Waals surface area (Å²) in [6, 6.07) is -0.660. The van der Waals surface area contributed by atoms with Gasteiger partial charge in [0.1, 0.15) is 6.04 Å². The molecule has 0 aliphatic carbocycles. The fourth-order valence-corrected chi connectivity index (χ4v) is 3.31. The molecular formula is C20H33N3O4.